The Labute approximate surface area is 267 Å². The summed E-state index contributed by atoms with van der Waals surface area (Å²) in [5.74, 6) is 9.39. The predicted molar refractivity (Wildman–Crippen MR) is 186 cm³/mol. The van der Waals surface area contributed by atoms with E-state index in [0.717, 1.165) is 12.8 Å². The van der Waals surface area contributed by atoms with Gasteiger partial charge in [-0.3, -0.25) is 4.79 Å². The zero-order chi connectivity index (χ0) is 32.2. The fourth-order valence-electron chi connectivity index (χ4n) is 7.19. The number of carboxylic acid groups (broad SMARTS) is 1. The first-order valence-corrected chi connectivity index (χ1v) is 23.5. The minimum Gasteiger partial charge on any atom is -0.481 e. The van der Waals surface area contributed by atoms with Gasteiger partial charge in [-0.1, -0.05) is 104 Å². The smallest absolute Gasteiger partial charge is 0.303 e. The molecule has 3 fully saturated rings. The molecular formula is C37H66O4Si2. The van der Waals surface area contributed by atoms with E-state index in [1.54, 1.807) is 0 Å². The standard InChI is InChI=1S/C37H66O4Si2/c1-12-13-20-29-28(21-17-22-34(38)39)30-23-26-33(41-43(10,11)37(5,6)7)31(35(29)30)24-25-32(27-18-15-14-16-19-27)40-42(8,9)36(2,3)4/h21,27,29-33,35H,12-20,22-23,26H2,1-11H3,(H,38,39)/b28-21-/t29?,30-,31+,32?,33-,35+/m1/s1. The number of fused-ring (bicyclic) bond motifs is 1. The molecule has 0 aliphatic heterocycles. The molecule has 2 unspecified atom stereocenters. The van der Waals surface area contributed by atoms with Crippen LogP contribution < -0.4 is 0 Å². The maximum atomic E-state index is 11.3. The van der Waals surface area contributed by atoms with Crippen molar-refractivity contribution in [3.05, 3.63) is 11.6 Å². The summed E-state index contributed by atoms with van der Waals surface area (Å²) in [5.41, 5.74) is 1.53. The third-order valence-corrected chi connectivity index (χ3v) is 20.9. The van der Waals surface area contributed by atoms with Gasteiger partial charge < -0.3 is 14.0 Å². The van der Waals surface area contributed by atoms with E-state index in [1.165, 1.54) is 56.9 Å². The topological polar surface area (TPSA) is 55.8 Å². The van der Waals surface area contributed by atoms with Crippen LogP contribution in [0.1, 0.15) is 126 Å². The van der Waals surface area contributed by atoms with Crippen molar-refractivity contribution in [2.24, 2.45) is 29.6 Å². The minimum absolute atomic E-state index is 0.00911. The number of hydrogen-bond acceptors (Lipinski definition) is 3. The molecule has 0 aromatic heterocycles. The Kier molecular flexibility index (Phi) is 12.5. The SMILES string of the molecule is CCCCC1/C(=C/CCC(=O)O)[C@H]2CC[C@@H](O[Si](C)(C)C(C)(C)C)[C@H](C#CC(O[Si](C)(C)C(C)(C)C)C3CCCCC3)[C@@H]12. The quantitative estimate of drug-likeness (QED) is 0.140. The minimum atomic E-state index is -1.99. The second-order valence-corrected chi connectivity index (χ2v) is 26.6. The van der Waals surface area contributed by atoms with Gasteiger partial charge in [0.25, 0.3) is 0 Å². The molecule has 246 valence electrons. The van der Waals surface area contributed by atoms with Crippen LogP contribution in [0.15, 0.2) is 11.6 Å². The molecule has 1 N–H and O–H groups in total. The van der Waals surface area contributed by atoms with Crippen molar-refractivity contribution in [1.82, 2.24) is 0 Å². The summed E-state index contributed by atoms with van der Waals surface area (Å²) in [6, 6.07) is 0. The number of carboxylic acids is 1. The average Bonchev–Trinajstić information content (AvgIpc) is 2.89. The predicted octanol–water partition coefficient (Wildman–Crippen LogP) is 10.6. The number of rotatable bonds is 11. The summed E-state index contributed by atoms with van der Waals surface area (Å²) in [4.78, 5) is 11.3. The van der Waals surface area contributed by atoms with Gasteiger partial charge in [0.05, 0.1) is 6.10 Å². The first-order chi connectivity index (χ1) is 19.9. The molecule has 0 saturated heterocycles. The Morgan fingerprint density at radius 2 is 1.60 bits per heavy atom. The molecule has 0 aromatic carbocycles. The highest BCUT2D eigenvalue weighted by molar-refractivity contribution is 6.74. The molecule has 0 radical (unpaired) electrons. The van der Waals surface area contributed by atoms with Gasteiger partial charge >= 0.3 is 5.97 Å². The van der Waals surface area contributed by atoms with Crippen LogP contribution >= 0.6 is 0 Å². The van der Waals surface area contributed by atoms with E-state index < -0.39 is 22.6 Å². The fraction of sp³-hybridized carbons (Fsp3) is 0.865. The van der Waals surface area contributed by atoms with E-state index in [4.69, 9.17) is 8.85 Å². The number of carbonyl (C=O) groups is 1. The van der Waals surface area contributed by atoms with Crippen LogP contribution in [-0.4, -0.2) is 39.9 Å². The van der Waals surface area contributed by atoms with Gasteiger partial charge in [0, 0.05) is 12.3 Å². The van der Waals surface area contributed by atoms with Crippen LogP contribution in [0.3, 0.4) is 0 Å². The van der Waals surface area contributed by atoms with Crippen molar-refractivity contribution in [3.8, 4) is 11.8 Å². The van der Waals surface area contributed by atoms with E-state index in [0.29, 0.717) is 30.1 Å². The van der Waals surface area contributed by atoms with Crippen molar-refractivity contribution < 1.29 is 18.8 Å². The lowest BCUT2D eigenvalue weighted by Gasteiger charge is -2.57. The molecule has 4 nitrogen and oxygen atoms in total. The molecule has 3 rings (SSSR count). The molecule has 3 aliphatic rings. The molecule has 0 aromatic rings. The zero-order valence-corrected chi connectivity index (χ0v) is 31.8. The van der Waals surface area contributed by atoms with Crippen molar-refractivity contribution in [1.29, 1.82) is 0 Å². The van der Waals surface area contributed by atoms with Gasteiger partial charge in [0.15, 0.2) is 16.6 Å². The molecular weight excluding hydrogens is 565 g/mol. The van der Waals surface area contributed by atoms with E-state index in [1.807, 2.05) is 0 Å². The molecule has 6 atom stereocenters. The summed E-state index contributed by atoms with van der Waals surface area (Å²) in [5, 5.41) is 9.61. The number of aliphatic carboxylic acids is 1. The lowest BCUT2D eigenvalue weighted by Crippen LogP contribution is -2.55. The Bertz CT molecular complexity index is 1020. The monoisotopic (exact) mass is 630 g/mol. The van der Waals surface area contributed by atoms with Gasteiger partial charge in [-0.15, -0.1) is 0 Å². The van der Waals surface area contributed by atoms with Crippen LogP contribution in [0.5, 0.6) is 0 Å². The molecule has 0 spiro atoms. The van der Waals surface area contributed by atoms with Gasteiger partial charge in [-0.05, 0) is 98.5 Å². The maximum Gasteiger partial charge on any atom is 0.303 e. The second-order valence-electron chi connectivity index (χ2n) is 17.1. The largest absolute Gasteiger partial charge is 0.481 e. The highest BCUT2D eigenvalue weighted by Gasteiger charge is 2.54. The first kappa shape index (κ1) is 36.6. The van der Waals surface area contributed by atoms with E-state index in [2.05, 4.69) is 92.6 Å². The third-order valence-electron chi connectivity index (χ3n) is 11.9. The normalized spacial score (nSPS) is 28.9. The lowest BCUT2D eigenvalue weighted by molar-refractivity contribution is -0.136. The molecule has 43 heavy (non-hydrogen) atoms. The third kappa shape index (κ3) is 9.11. The van der Waals surface area contributed by atoms with Crippen LogP contribution in [0, 0.1) is 41.4 Å². The Hall–Kier alpha value is -0.876. The number of hydrogen-bond donors (Lipinski definition) is 1. The van der Waals surface area contributed by atoms with E-state index in [-0.39, 0.29) is 34.6 Å². The van der Waals surface area contributed by atoms with Gasteiger partial charge in [0.2, 0.25) is 0 Å². The first-order valence-electron chi connectivity index (χ1n) is 17.7. The van der Waals surface area contributed by atoms with Crippen LogP contribution in [0.4, 0.5) is 0 Å². The molecule has 0 heterocycles. The highest BCUT2D eigenvalue weighted by atomic mass is 28.4. The summed E-state index contributed by atoms with van der Waals surface area (Å²) in [7, 11) is -3.97. The Balaban J connectivity index is 2.02. The second kappa shape index (κ2) is 14.7. The summed E-state index contributed by atoms with van der Waals surface area (Å²) < 4.78 is 14.4. The van der Waals surface area contributed by atoms with Crippen LogP contribution in [0.25, 0.3) is 0 Å². The van der Waals surface area contributed by atoms with E-state index in [9.17, 15) is 9.90 Å². The maximum absolute atomic E-state index is 11.3. The average molecular weight is 631 g/mol. The van der Waals surface area contributed by atoms with Crippen molar-refractivity contribution in [3.63, 3.8) is 0 Å². The fourth-order valence-corrected chi connectivity index (χ4v) is 9.80. The lowest BCUT2D eigenvalue weighted by atomic mass is 9.50. The Morgan fingerprint density at radius 1 is 0.977 bits per heavy atom. The van der Waals surface area contributed by atoms with Gasteiger partial charge in [-0.25, -0.2) is 0 Å². The van der Waals surface area contributed by atoms with Crippen molar-refractivity contribution in [2.45, 2.75) is 174 Å². The zero-order valence-electron chi connectivity index (χ0n) is 29.8. The Morgan fingerprint density at radius 3 is 2.16 bits per heavy atom. The van der Waals surface area contributed by atoms with Crippen LogP contribution in [-0.2, 0) is 13.6 Å². The van der Waals surface area contributed by atoms with Gasteiger partial charge in [0.1, 0.15) is 6.10 Å². The molecule has 0 amide bonds. The van der Waals surface area contributed by atoms with E-state index >= 15 is 0 Å². The summed E-state index contributed by atoms with van der Waals surface area (Å²) in [6.07, 6.45) is 15.4. The van der Waals surface area contributed by atoms with Crippen LogP contribution in [0.2, 0.25) is 36.3 Å². The number of unbranched alkanes of at least 4 members (excludes halogenated alkanes) is 1. The summed E-state index contributed by atoms with van der Waals surface area (Å²) >= 11 is 0. The molecule has 3 saturated carbocycles. The molecule has 3 aliphatic carbocycles. The molecule has 0 bridgehead atoms. The van der Waals surface area contributed by atoms with Crippen molar-refractivity contribution in [2.75, 3.05) is 0 Å². The summed E-state index contributed by atoms with van der Waals surface area (Å²) in [6.45, 7) is 25.9. The van der Waals surface area contributed by atoms with Crippen molar-refractivity contribution >= 4 is 22.6 Å². The highest BCUT2D eigenvalue weighted by Crippen LogP contribution is 2.58. The van der Waals surface area contributed by atoms with Gasteiger partial charge in [-0.2, -0.15) is 0 Å². The molecule has 6 heteroatoms. The number of allylic oxidation sites excluding steroid dienone is 2.